The summed E-state index contributed by atoms with van der Waals surface area (Å²) in [5.74, 6) is 0. The normalized spacial score (nSPS) is 15.2. The van der Waals surface area contributed by atoms with E-state index < -0.39 is 18.2 Å². The minimum Gasteiger partial charge on any atom is -0.282 e. The molecule has 0 bridgehead atoms. The van der Waals surface area contributed by atoms with E-state index in [9.17, 15) is 8.42 Å². The summed E-state index contributed by atoms with van der Waals surface area (Å²) in [5.41, 5.74) is 2.64. The minimum atomic E-state index is -4.03. The Labute approximate surface area is 107 Å². The van der Waals surface area contributed by atoms with Crippen molar-refractivity contribution in [2.24, 2.45) is 0 Å². The number of rotatable bonds is 4. The molecule has 0 unspecified atom stereocenters. The molecule has 0 aromatic carbocycles. The maximum absolute atomic E-state index is 10.9. The van der Waals surface area contributed by atoms with Gasteiger partial charge in [0.1, 0.15) is 0 Å². The van der Waals surface area contributed by atoms with Gasteiger partial charge in [0.05, 0.1) is 13.5 Å². The molecule has 0 saturated carbocycles. The van der Waals surface area contributed by atoms with Crippen LogP contribution in [-0.2, 0) is 10.1 Å². The maximum atomic E-state index is 10.9. The van der Waals surface area contributed by atoms with Crippen LogP contribution < -0.4 is 0 Å². The van der Waals surface area contributed by atoms with Crippen LogP contribution in [0.1, 0.15) is 48.5 Å². The van der Waals surface area contributed by atoms with E-state index in [0.29, 0.717) is 11.1 Å². The van der Waals surface area contributed by atoms with Gasteiger partial charge >= 0.3 is 0 Å². The quantitative estimate of drug-likeness (QED) is 0.625. The van der Waals surface area contributed by atoms with E-state index in [1.54, 1.807) is 5.70 Å². The van der Waals surface area contributed by atoms with Gasteiger partial charge in [-0.3, -0.25) is 4.55 Å². The van der Waals surface area contributed by atoms with Crippen molar-refractivity contribution >= 4 is 18.2 Å². The minimum absolute atomic E-state index is 0.0521. The van der Waals surface area contributed by atoms with E-state index in [4.69, 9.17) is 4.55 Å². The molecule has 0 heterocycles. The Hall–Kier alpha value is -0.133. The van der Waals surface area contributed by atoms with Crippen LogP contribution in [0.15, 0.2) is 11.1 Å². The van der Waals surface area contributed by atoms with Gasteiger partial charge in [0, 0.05) is 0 Å². The largest absolute Gasteiger partial charge is 0.286 e. The van der Waals surface area contributed by atoms with Crippen LogP contribution in [0, 0.1) is 0 Å². The van der Waals surface area contributed by atoms with Gasteiger partial charge in [0.15, 0.2) is 0 Å². The third-order valence-corrected chi connectivity index (χ3v) is 11.6. The summed E-state index contributed by atoms with van der Waals surface area (Å²) in [4.78, 5) is 0. The highest BCUT2D eigenvalue weighted by molar-refractivity contribution is 7.88. The predicted octanol–water partition coefficient (Wildman–Crippen LogP) is 4.00. The highest BCUT2D eigenvalue weighted by Gasteiger charge is 2.47. The molecule has 0 spiro atoms. The van der Waals surface area contributed by atoms with Gasteiger partial charge in [-0.15, -0.1) is 0 Å². The van der Waals surface area contributed by atoms with Gasteiger partial charge < -0.3 is 0 Å². The average molecular weight is 278 g/mol. The second-order valence-corrected chi connectivity index (χ2v) is 13.6. The molecule has 0 aromatic heterocycles. The Morgan fingerprint density at radius 3 is 1.59 bits per heavy atom. The highest BCUT2D eigenvalue weighted by Crippen LogP contribution is 2.50. The van der Waals surface area contributed by atoms with E-state index in [-0.39, 0.29) is 5.04 Å². The molecule has 0 aliphatic rings. The second kappa shape index (κ2) is 5.24. The zero-order chi connectivity index (χ0) is 14.1. The van der Waals surface area contributed by atoms with Crippen LogP contribution in [0.2, 0.25) is 16.1 Å². The van der Waals surface area contributed by atoms with Crippen molar-refractivity contribution in [3.05, 3.63) is 11.1 Å². The fourth-order valence-corrected chi connectivity index (χ4v) is 10.9. The van der Waals surface area contributed by atoms with Crippen molar-refractivity contribution in [2.45, 2.75) is 64.6 Å². The summed E-state index contributed by atoms with van der Waals surface area (Å²) >= 11 is 0. The first-order chi connectivity index (χ1) is 7.34. The second-order valence-electron chi connectivity index (χ2n) is 6.31. The number of hydrogen-bond acceptors (Lipinski definition) is 2. The van der Waals surface area contributed by atoms with Gasteiger partial charge in [-0.1, -0.05) is 54.2 Å². The lowest BCUT2D eigenvalue weighted by Crippen LogP contribution is -2.48. The summed E-state index contributed by atoms with van der Waals surface area (Å²) < 4.78 is 30.8. The van der Waals surface area contributed by atoms with Crippen LogP contribution in [0.3, 0.4) is 0 Å². The van der Waals surface area contributed by atoms with Crippen molar-refractivity contribution in [1.82, 2.24) is 0 Å². The van der Waals surface area contributed by atoms with E-state index in [1.807, 2.05) is 0 Å². The Morgan fingerprint density at radius 2 is 1.41 bits per heavy atom. The fourth-order valence-electron chi connectivity index (χ4n) is 3.23. The van der Waals surface area contributed by atoms with Crippen LogP contribution >= 0.6 is 0 Å². The van der Waals surface area contributed by atoms with Crippen molar-refractivity contribution < 1.29 is 13.0 Å². The lowest BCUT2D eigenvalue weighted by Gasteiger charge is -2.47. The number of hydrogen-bond donors (Lipinski definition) is 1. The van der Waals surface area contributed by atoms with Crippen molar-refractivity contribution in [1.29, 1.82) is 0 Å². The summed E-state index contributed by atoms with van der Waals surface area (Å²) in [6.45, 7) is 15.1. The Bertz CT molecular complexity index is 367. The third kappa shape index (κ3) is 3.93. The van der Waals surface area contributed by atoms with E-state index in [0.717, 1.165) is 5.41 Å². The standard InChI is InChI=1S/C12H26O3SSi/c1-10(2)17(11(3)4,12(5,6)7)9-8-16(13,14)15/h8-11H,1-7H3,(H,13,14,15). The molecule has 1 N–H and O–H groups in total. The first kappa shape index (κ1) is 16.9. The molecule has 0 aliphatic carbocycles. The molecule has 0 amide bonds. The summed E-state index contributed by atoms with van der Waals surface area (Å²) in [7, 11) is -6.01. The molecule has 0 radical (unpaired) electrons. The maximum Gasteiger partial charge on any atom is 0.286 e. The van der Waals surface area contributed by atoms with Gasteiger partial charge in [-0.2, -0.15) is 8.42 Å². The molecule has 0 atom stereocenters. The van der Waals surface area contributed by atoms with Crippen LogP contribution in [0.5, 0.6) is 0 Å². The van der Waals surface area contributed by atoms with Crippen LogP contribution in [-0.4, -0.2) is 21.0 Å². The van der Waals surface area contributed by atoms with Gasteiger partial charge in [-0.05, 0) is 16.1 Å². The van der Waals surface area contributed by atoms with E-state index in [1.165, 1.54) is 0 Å². The summed E-state index contributed by atoms with van der Waals surface area (Å²) in [6, 6.07) is 0. The summed E-state index contributed by atoms with van der Waals surface area (Å²) in [6.07, 6.45) is 0. The zero-order valence-electron chi connectivity index (χ0n) is 12.0. The molecule has 5 heteroatoms. The van der Waals surface area contributed by atoms with Crippen LogP contribution in [0.25, 0.3) is 0 Å². The SMILES string of the molecule is CC(C)[Si](C=CS(=O)(=O)O)(C(C)C)C(C)(C)C. The Morgan fingerprint density at radius 1 is 1.06 bits per heavy atom. The molecule has 3 nitrogen and oxygen atoms in total. The van der Waals surface area contributed by atoms with E-state index >= 15 is 0 Å². The van der Waals surface area contributed by atoms with Crippen LogP contribution in [0.4, 0.5) is 0 Å². The first-order valence-electron chi connectivity index (χ1n) is 6.01. The van der Waals surface area contributed by atoms with Crippen molar-refractivity contribution in [3.63, 3.8) is 0 Å². The van der Waals surface area contributed by atoms with Gasteiger partial charge in [0.2, 0.25) is 0 Å². The predicted molar refractivity (Wildman–Crippen MR) is 76.4 cm³/mol. The van der Waals surface area contributed by atoms with Crippen molar-refractivity contribution in [3.8, 4) is 0 Å². The monoisotopic (exact) mass is 278 g/mol. The molecule has 0 saturated heterocycles. The van der Waals surface area contributed by atoms with Gasteiger partial charge in [0.25, 0.3) is 10.1 Å². The molecule has 0 rings (SSSR count). The third-order valence-electron chi connectivity index (χ3n) is 3.73. The molecule has 0 aliphatic heterocycles. The molecule has 17 heavy (non-hydrogen) atoms. The molecular formula is C12H26O3SSi. The molecular weight excluding hydrogens is 252 g/mol. The highest BCUT2D eigenvalue weighted by atomic mass is 32.2. The molecule has 102 valence electrons. The Balaban J connectivity index is 5.78. The smallest absolute Gasteiger partial charge is 0.282 e. The Kier molecular flexibility index (Phi) is 5.20. The van der Waals surface area contributed by atoms with Gasteiger partial charge in [-0.25, -0.2) is 0 Å². The van der Waals surface area contributed by atoms with E-state index in [2.05, 4.69) is 48.5 Å². The first-order valence-corrected chi connectivity index (χ1v) is 9.75. The topological polar surface area (TPSA) is 54.4 Å². The lowest BCUT2D eigenvalue weighted by molar-refractivity contribution is 0.494. The molecule has 0 aromatic rings. The lowest BCUT2D eigenvalue weighted by atomic mass is 10.2. The fraction of sp³-hybridized carbons (Fsp3) is 0.833. The summed E-state index contributed by atoms with van der Waals surface area (Å²) in [5, 5.41) is 1.04. The average Bonchev–Trinajstić information content (AvgIpc) is 1.97. The van der Waals surface area contributed by atoms with Crippen molar-refractivity contribution in [2.75, 3.05) is 0 Å². The zero-order valence-corrected chi connectivity index (χ0v) is 13.8. The molecule has 0 fully saturated rings.